The van der Waals surface area contributed by atoms with Crippen molar-refractivity contribution in [2.75, 3.05) is 13.2 Å². The number of ether oxygens (including phenoxy) is 1. The normalized spacial score (nSPS) is 12.1. The number of aromatic hydroxyl groups is 1. The van der Waals surface area contributed by atoms with Gasteiger partial charge in [0, 0.05) is 6.54 Å². The minimum absolute atomic E-state index is 0.0827. The van der Waals surface area contributed by atoms with E-state index in [0.717, 1.165) is 28.7 Å². The van der Waals surface area contributed by atoms with Crippen molar-refractivity contribution in [3.63, 3.8) is 0 Å². The molecular weight excluding hydrogens is 354 g/mol. The van der Waals surface area contributed by atoms with Crippen molar-refractivity contribution in [2.24, 2.45) is 0 Å². The van der Waals surface area contributed by atoms with E-state index < -0.39 is 6.10 Å². The van der Waals surface area contributed by atoms with Gasteiger partial charge in [-0.25, -0.2) is 0 Å². The number of nitrogens with one attached hydrogen (secondary N) is 1. The van der Waals surface area contributed by atoms with Gasteiger partial charge in [-0.15, -0.1) is 0 Å². The number of phenols is 1. The summed E-state index contributed by atoms with van der Waals surface area (Å²) in [7, 11) is 0. The predicted octanol–water partition coefficient (Wildman–Crippen LogP) is 3.60. The van der Waals surface area contributed by atoms with E-state index in [2.05, 4.69) is 25.2 Å². The van der Waals surface area contributed by atoms with Gasteiger partial charge in [0.25, 0.3) is 5.91 Å². The van der Waals surface area contributed by atoms with Crippen LogP contribution in [0.1, 0.15) is 54.5 Å². The van der Waals surface area contributed by atoms with Gasteiger partial charge in [0.05, 0.1) is 6.10 Å². The van der Waals surface area contributed by atoms with Crippen LogP contribution in [0.4, 0.5) is 0 Å². The van der Waals surface area contributed by atoms with Gasteiger partial charge in [-0.1, -0.05) is 26.0 Å². The van der Waals surface area contributed by atoms with Crippen molar-refractivity contribution in [3.8, 4) is 11.5 Å². The molecule has 0 saturated heterocycles. The van der Waals surface area contributed by atoms with Gasteiger partial charge < -0.3 is 20.3 Å². The molecular formula is C23H31NO4. The summed E-state index contributed by atoms with van der Waals surface area (Å²) < 4.78 is 5.61. The van der Waals surface area contributed by atoms with Crippen molar-refractivity contribution in [1.29, 1.82) is 0 Å². The van der Waals surface area contributed by atoms with Gasteiger partial charge in [-0.3, -0.25) is 4.79 Å². The van der Waals surface area contributed by atoms with Crippen LogP contribution in [0.2, 0.25) is 0 Å². The molecule has 1 atom stereocenters. The third-order valence-electron chi connectivity index (χ3n) is 4.73. The summed E-state index contributed by atoms with van der Waals surface area (Å²) >= 11 is 0. The van der Waals surface area contributed by atoms with E-state index >= 15 is 0 Å². The van der Waals surface area contributed by atoms with Crippen LogP contribution in [-0.4, -0.2) is 35.4 Å². The van der Waals surface area contributed by atoms with Crippen molar-refractivity contribution in [3.05, 3.63) is 58.1 Å². The number of aryl methyl sites for hydroxylation is 2. The maximum atomic E-state index is 11.7. The van der Waals surface area contributed by atoms with Gasteiger partial charge in [0.1, 0.15) is 11.5 Å². The summed E-state index contributed by atoms with van der Waals surface area (Å²) in [5.41, 5.74) is 5.51. The third kappa shape index (κ3) is 5.99. The first-order valence-corrected chi connectivity index (χ1v) is 9.66. The Bertz CT molecular complexity index is 804. The van der Waals surface area contributed by atoms with Crippen LogP contribution in [0, 0.1) is 13.8 Å². The van der Waals surface area contributed by atoms with Crippen LogP contribution in [0.5, 0.6) is 11.5 Å². The van der Waals surface area contributed by atoms with Gasteiger partial charge in [-0.2, -0.15) is 0 Å². The summed E-state index contributed by atoms with van der Waals surface area (Å²) in [5, 5.41) is 21.8. The highest BCUT2D eigenvalue weighted by Gasteiger charge is 2.12. The molecule has 152 valence electrons. The molecule has 0 aliphatic rings. The van der Waals surface area contributed by atoms with Gasteiger partial charge >= 0.3 is 0 Å². The number of phenolic OH excluding ortho intramolecular Hbond substituents is 1. The van der Waals surface area contributed by atoms with E-state index in [1.54, 1.807) is 13.0 Å². The molecule has 0 aliphatic carbocycles. The number of carbonyl (C=O) groups is 1. The lowest BCUT2D eigenvalue weighted by molar-refractivity contribution is -0.123. The van der Waals surface area contributed by atoms with Crippen molar-refractivity contribution in [2.45, 2.75) is 53.1 Å². The lowest BCUT2D eigenvalue weighted by Gasteiger charge is -2.15. The molecule has 0 saturated carbocycles. The highest BCUT2D eigenvalue weighted by atomic mass is 16.5. The Morgan fingerprint density at radius 3 is 2.32 bits per heavy atom. The molecule has 2 aromatic carbocycles. The van der Waals surface area contributed by atoms with Crippen LogP contribution in [0.3, 0.4) is 0 Å². The van der Waals surface area contributed by atoms with Crippen LogP contribution in [0.15, 0.2) is 30.3 Å². The maximum Gasteiger partial charge on any atom is 0.258 e. The Balaban J connectivity index is 2.10. The molecule has 0 heterocycles. The number of carbonyl (C=O) groups excluding carboxylic acids is 1. The van der Waals surface area contributed by atoms with E-state index in [0.29, 0.717) is 11.5 Å². The second kappa shape index (κ2) is 9.60. The second-order valence-electron chi connectivity index (χ2n) is 7.70. The molecule has 0 aromatic heterocycles. The Hall–Kier alpha value is -2.53. The zero-order valence-electron chi connectivity index (χ0n) is 17.4. The van der Waals surface area contributed by atoms with Crippen LogP contribution in [-0.2, 0) is 11.2 Å². The lowest BCUT2D eigenvalue weighted by Crippen LogP contribution is -2.34. The predicted molar refractivity (Wildman–Crippen MR) is 111 cm³/mol. The number of hydrogen-bond donors (Lipinski definition) is 3. The molecule has 0 spiro atoms. The first kappa shape index (κ1) is 21.8. The molecule has 3 N–H and O–H groups in total. The molecule has 2 aromatic rings. The van der Waals surface area contributed by atoms with Crippen LogP contribution < -0.4 is 10.1 Å². The fraction of sp³-hybridized carbons (Fsp3) is 0.435. The highest BCUT2D eigenvalue weighted by Crippen LogP contribution is 2.29. The Morgan fingerprint density at radius 2 is 1.75 bits per heavy atom. The molecule has 0 bridgehead atoms. The molecule has 2 rings (SSSR count). The minimum atomic E-state index is -0.580. The first-order chi connectivity index (χ1) is 13.2. The van der Waals surface area contributed by atoms with E-state index in [4.69, 9.17) is 4.74 Å². The Morgan fingerprint density at radius 1 is 1.11 bits per heavy atom. The van der Waals surface area contributed by atoms with Gasteiger partial charge in [0.2, 0.25) is 0 Å². The molecule has 5 nitrogen and oxygen atoms in total. The quantitative estimate of drug-likeness (QED) is 0.649. The lowest BCUT2D eigenvalue weighted by atomic mass is 9.93. The number of aliphatic hydroxyl groups excluding tert-OH is 1. The Kier molecular flexibility index (Phi) is 7.46. The fourth-order valence-corrected chi connectivity index (χ4v) is 3.16. The summed E-state index contributed by atoms with van der Waals surface area (Å²) in [6.45, 7) is 9.95. The van der Waals surface area contributed by atoms with Crippen molar-refractivity contribution in [1.82, 2.24) is 5.32 Å². The van der Waals surface area contributed by atoms with E-state index in [1.165, 1.54) is 5.56 Å². The van der Waals surface area contributed by atoms with E-state index in [9.17, 15) is 15.0 Å². The highest BCUT2D eigenvalue weighted by molar-refractivity contribution is 5.77. The fourth-order valence-electron chi connectivity index (χ4n) is 3.16. The van der Waals surface area contributed by atoms with Gasteiger partial charge in [-0.05, 0) is 79.1 Å². The molecule has 1 amide bonds. The average molecular weight is 386 g/mol. The summed E-state index contributed by atoms with van der Waals surface area (Å²) in [6.07, 6.45) is 0.191. The Labute approximate surface area is 167 Å². The smallest absolute Gasteiger partial charge is 0.258 e. The summed E-state index contributed by atoms with van der Waals surface area (Å²) in [6, 6.07) is 9.66. The minimum Gasteiger partial charge on any atom is -0.508 e. The molecule has 0 radical (unpaired) electrons. The number of benzene rings is 2. The largest absolute Gasteiger partial charge is 0.508 e. The molecule has 0 fully saturated rings. The van der Waals surface area contributed by atoms with Crippen molar-refractivity contribution >= 4 is 5.91 Å². The van der Waals surface area contributed by atoms with Crippen molar-refractivity contribution < 1.29 is 19.7 Å². The molecule has 1 unspecified atom stereocenters. The summed E-state index contributed by atoms with van der Waals surface area (Å²) in [4.78, 5) is 11.7. The third-order valence-corrected chi connectivity index (χ3v) is 4.73. The van der Waals surface area contributed by atoms with Crippen LogP contribution in [0.25, 0.3) is 0 Å². The number of rotatable bonds is 8. The van der Waals surface area contributed by atoms with E-state index in [1.807, 2.05) is 32.0 Å². The number of amides is 1. The second-order valence-corrected chi connectivity index (χ2v) is 7.70. The molecule has 28 heavy (non-hydrogen) atoms. The van der Waals surface area contributed by atoms with Crippen LogP contribution >= 0.6 is 0 Å². The average Bonchev–Trinajstić information content (AvgIpc) is 2.62. The standard InChI is InChI=1S/C23H31NO4/c1-14(2)20-10-18(6-7-22(20)26)11-21-15(3)8-19(9-16(21)4)28-13-23(27)24-12-17(5)25/h6-10,14,17,25-26H,11-13H2,1-5H3,(H,24,27). The summed E-state index contributed by atoms with van der Waals surface area (Å²) in [5.74, 6) is 0.993. The maximum absolute atomic E-state index is 11.7. The topological polar surface area (TPSA) is 78.8 Å². The zero-order valence-corrected chi connectivity index (χ0v) is 17.4. The molecule has 5 heteroatoms. The van der Waals surface area contributed by atoms with E-state index in [-0.39, 0.29) is 25.0 Å². The number of aliphatic hydroxyl groups is 1. The zero-order chi connectivity index (χ0) is 20.8. The first-order valence-electron chi connectivity index (χ1n) is 9.66. The monoisotopic (exact) mass is 385 g/mol. The number of hydrogen-bond acceptors (Lipinski definition) is 4. The SMILES string of the molecule is Cc1cc(OCC(=O)NCC(C)O)cc(C)c1Cc1ccc(O)c(C(C)C)c1. The molecule has 0 aliphatic heterocycles. The van der Waals surface area contributed by atoms with Gasteiger partial charge in [0.15, 0.2) is 6.61 Å².